The lowest BCUT2D eigenvalue weighted by Crippen LogP contribution is -2.02. The minimum atomic E-state index is -1.16. The summed E-state index contributed by atoms with van der Waals surface area (Å²) in [6.45, 7) is 2.43. The van der Waals surface area contributed by atoms with E-state index < -0.39 is 11.9 Å². The smallest absolute Gasteiger partial charge is 0.342 e. The molecule has 35 heavy (non-hydrogen) atoms. The van der Waals surface area contributed by atoms with E-state index in [-0.39, 0.29) is 21.3 Å². The number of aromatic nitrogens is 3. The van der Waals surface area contributed by atoms with Gasteiger partial charge in [-0.15, -0.1) is 10.2 Å². The van der Waals surface area contributed by atoms with Crippen LogP contribution in [0.2, 0.25) is 10.0 Å². The molecule has 2 aromatic carbocycles. The standard InChI is InChI=1S/C24H17Cl2N3O5S/c1-2-29-21(13-3-6-15(25)7-4-13)27-28-24(29)35-20(23(32)33)12-16-8-10-19(34-16)14-5-9-18(26)17(11-14)22(30)31/h3-12H,2H2,1H3,(H,30,31)(H,32,33)/b20-12-. The van der Waals surface area contributed by atoms with Gasteiger partial charge in [-0.3, -0.25) is 0 Å². The van der Waals surface area contributed by atoms with E-state index in [4.69, 9.17) is 27.6 Å². The molecule has 2 aromatic heterocycles. The Kier molecular flexibility index (Phi) is 7.30. The number of carbonyl (C=O) groups is 2. The summed E-state index contributed by atoms with van der Waals surface area (Å²) in [5, 5.41) is 28.6. The number of carboxylic acid groups (broad SMARTS) is 2. The third kappa shape index (κ3) is 5.43. The highest BCUT2D eigenvalue weighted by molar-refractivity contribution is 8.04. The molecule has 2 N–H and O–H groups in total. The molecule has 178 valence electrons. The summed E-state index contributed by atoms with van der Waals surface area (Å²) in [5.74, 6) is -1.09. The third-order valence-corrected chi connectivity index (χ3v) is 6.51. The maximum atomic E-state index is 12.0. The van der Waals surface area contributed by atoms with Crippen molar-refractivity contribution in [1.29, 1.82) is 0 Å². The zero-order chi connectivity index (χ0) is 25.1. The van der Waals surface area contributed by atoms with Crippen LogP contribution >= 0.6 is 35.0 Å². The first kappa shape index (κ1) is 24.6. The van der Waals surface area contributed by atoms with E-state index in [2.05, 4.69) is 10.2 Å². The average Bonchev–Trinajstić information content (AvgIpc) is 3.46. The minimum absolute atomic E-state index is 0.0296. The summed E-state index contributed by atoms with van der Waals surface area (Å²) in [6.07, 6.45) is 1.38. The van der Waals surface area contributed by atoms with Gasteiger partial charge in [0.05, 0.1) is 10.6 Å². The molecule has 4 aromatic rings. The SMILES string of the molecule is CCn1c(S/C(=C\c2ccc(-c3ccc(Cl)c(C(=O)O)c3)o2)C(=O)O)nnc1-c1ccc(Cl)cc1. The Balaban J connectivity index is 1.63. The number of thioether (sulfide) groups is 1. The molecule has 0 aliphatic carbocycles. The zero-order valence-electron chi connectivity index (χ0n) is 18.1. The Bertz CT molecular complexity index is 1440. The van der Waals surface area contributed by atoms with Crippen LogP contribution in [0.3, 0.4) is 0 Å². The van der Waals surface area contributed by atoms with E-state index in [0.29, 0.717) is 33.9 Å². The number of aromatic carboxylic acids is 1. The van der Waals surface area contributed by atoms with Crippen LogP contribution in [0.5, 0.6) is 0 Å². The number of hydrogen-bond donors (Lipinski definition) is 2. The Morgan fingerprint density at radius 2 is 1.74 bits per heavy atom. The first-order valence-corrected chi connectivity index (χ1v) is 11.8. The largest absolute Gasteiger partial charge is 0.478 e. The lowest BCUT2D eigenvalue weighted by Gasteiger charge is -2.07. The van der Waals surface area contributed by atoms with Crippen LogP contribution in [0.4, 0.5) is 0 Å². The van der Waals surface area contributed by atoms with Crippen molar-refractivity contribution in [1.82, 2.24) is 14.8 Å². The Morgan fingerprint density at radius 1 is 1.03 bits per heavy atom. The van der Waals surface area contributed by atoms with Crippen LogP contribution in [-0.4, -0.2) is 36.9 Å². The first-order valence-electron chi connectivity index (χ1n) is 10.2. The van der Waals surface area contributed by atoms with Crippen LogP contribution < -0.4 is 0 Å². The molecular formula is C24H17Cl2N3O5S. The van der Waals surface area contributed by atoms with Gasteiger partial charge < -0.3 is 19.2 Å². The minimum Gasteiger partial charge on any atom is -0.478 e. The maximum Gasteiger partial charge on any atom is 0.342 e. The first-order chi connectivity index (χ1) is 16.8. The van der Waals surface area contributed by atoms with Crippen LogP contribution in [0.15, 0.2) is 69.1 Å². The van der Waals surface area contributed by atoms with Gasteiger partial charge in [-0.1, -0.05) is 23.2 Å². The van der Waals surface area contributed by atoms with Gasteiger partial charge in [0, 0.05) is 28.8 Å². The average molecular weight is 530 g/mol. The van der Waals surface area contributed by atoms with Crippen molar-refractivity contribution in [2.45, 2.75) is 18.6 Å². The molecule has 0 atom stereocenters. The van der Waals surface area contributed by atoms with Gasteiger partial charge in [0.1, 0.15) is 16.4 Å². The number of aliphatic carboxylic acids is 1. The molecule has 4 rings (SSSR count). The molecule has 0 saturated heterocycles. The van der Waals surface area contributed by atoms with Crippen molar-refractivity contribution in [3.63, 3.8) is 0 Å². The summed E-state index contributed by atoms with van der Waals surface area (Å²) in [7, 11) is 0. The predicted octanol–water partition coefficient (Wildman–Crippen LogP) is 6.45. The fraction of sp³-hybridized carbons (Fsp3) is 0.0833. The fourth-order valence-corrected chi connectivity index (χ4v) is 4.44. The molecule has 0 aliphatic rings. The molecule has 0 aliphatic heterocycles. The van der Waals surface area contributed by atoms with E-state index in [1.807, 2.05) is 19.1 Å². The molecule has 2 heterocycles. The second-order valence-electron chi connectivity index (χ2n) is 7.17. The van der Waals surface area contributed by atoms with Gasteiger partial charge in [0.15, 0.2) is 11.0 Å². The molecule has 0 amide bonds. The summed E-state index contributed by atoms with van der Waals surface area (Å²) in [4.78, 5) is 23.3. The van der Waals surface area contributed by atoms with Gasteiger partial charge in [-0.2, -0.15) is 0 Å². The molecule has 0 saturated carbocycles. The van der Waals surface area contributed by atoms with Crippen molar-refractivity contribution < 1.29 is 24.2 Å². The Labute approximate surface area is 213 Å². The van der Waals surface area contributed by atoms with Gasteiger partial charge in [-0.05, 0) is 73.3 Å². The van der Waals surface area contributed by atoms with Crippen molar-refractivity contribution in [2.24, 2.45) is 0 Å². The van der Waals surface area contributed by atoms with Crippen molar-refractivity contribution >= 4 is 53.0 Å². The van der Waals surface area contributed by atoms with Crippen LogP contribution in [0.25, 0.3) is 28.8 Å². The van der Waals surface area contributed by atoms with E-state index in [0.717, 1.165) is 17.3 Å². The molecular weight excluding hydrogens is 513 g/mol. The molecule has 8 nitrogen and oxygen atoms in total. The summed E-state index contributed by atoms with van der Waals surface area (Å²) in [6, 6.07) is 14.8. The third-order valence-electron chi connectivity index (χ3n) is 4.93. The molecule has 0 spiro atoms. The van der Waals surface area contributed by atoms with Crippen molar-refractivity contribution in [3.05, 3.63) is 80.9 Å². The summed E-state index contributed by atoms with van der Waals surface area (Å²) in [5.41, 5.74) is 1.24. The van der Waals surface area contributed by atoms with Crippen molar-refractivity contribution in [2.75, 3.05) is 0 Å². The van der Waals surface area contributed by atoms with Crippen molar-refractivity contribution in [3.8, 4) is 22.7 Å². The van der Waals surface area contributed by atoms with Gasteiger partial charge >= 0.3 is 11.9 Å². The van der Waals surface area contributed by atoms with E-state index in [9.17, 15) is 19.8 Å². The lowest BCUT2D eigenvalue weighted by atomic mass is 10.1. The quantitative estimate of drug-likeness (QED) is 0.197. The monoisotopic (exact) mass is 529 g/mol. The number of furan rings is 1. The van der Waals surface area contributed by atoms with E-state index >= 15 is 0 Å². The topological polar surface area (TPSA) is 118 Å². The maximum absolute atomic E-state index is 12.0. The molecule has 0 bridgehead atoms. The highest BCUT2D eigenvalue weighted by Gasteiger charge is 2.19. The van der Waals surface area contributed by atoms with Crippen LogP contribution in [0, 0.1) is 0 Å². The Hall–Kier alpha value is -3.53. The highest BCUT2D eigenvalue weighted by atomic mass is 35.5. The summed E-state index contributed by atoms with van der Waals surface area (Å²) >= 11 is 12.8. The number of hydrogen-bond acceptors (Lipinski definition) is 6. The van der Waals surface area contributed by atoms with E-state index in [1.165, 1.54) is 18.2 Å². The predicted molar refractivity (Wildman–Crippen MR) is 134 cm³/mol. The van der Waals surface area contributed by atoms with Crippen LogP contribution in [0.1, 0.15) is 23.0 Å². The number of halogens is 2. The second-order valence-corrected chi connectivity index (χ2v) is 9.03. The number of carboxylic acids is 2. The van der Waals surface area contributed by atoms with Gasteiger partial charge in [0.25, 0.3) is 0 Å². The highest BCUT2D eigenvalue weighted by Crippen LogP contribution is 2.32. The van der Waals surface area contributed by atoms with Gasteiger partial charge in [0.2, 0.25) is 0 Å². The number of nitrogens with zero attached hydrogens (tertiary/aromatic N) is 3. The second kappa shape index (κ2) is 10.4. The zero-order valence-corrected chi connectivity index (χ0v) is 20.4. The lowest BCUT2D eigenvalue weighted by molar-refractivity contribution is -0.131. The fourth-order valence-electron chi connectivity index (χ4n) is 3.25. The Morgan fingerprint density at radius 3 is 2.40 bits per heavy atom. The molecule has 0 fully saturated rings. The molecule has 11 heteroatoms. The number of rotatable bonds is 8. The van der Waals surface area contributed by atoms with E-state index in [1.54, 1.807) is 34.9 Å². The normalized spacial score (nSPS) is 11.6. The molecule has 0 unspecified atom stereocenters. The summed E-state index contributed by atoms with van der Waals surface area (Å²) < 4.78 is 7.57. The van der Waals surface area contributed by atoms with Gasteiger partial charge in [-0.25, -0.2) is 9.59 Å². The van der Waals surface area contributed by atoms with Crippen LogP contribution in [-0.2, 0) is 11.3 Å². The number of benzene rings is 2. The molecule has 0 radical (unpaired) electrons.